The van der Waals surface area contributed by atoms with Crippen LogP contribution in [0.1, 0.15) is 0 Å². The Bertz CT molecular complexity index is 4020. The molecule has 14 rings (SSSR count). The summed E-state index contributed by atoms with van der Waals surface area (Å²) >= 11 is 0. The smallest absolute Gasteiger partial charge is 0.135 e. The van der Waals surface area contributed by atoms with Gasteiger partial charge in [0.05, 0.1) is 22.8 Å². The predicted octanol–water partition coefficient (Wildman–Crippen LogP) is 20.7. The van der Waals surface area contributed by atoms with Crippen LogP contribution in [0.25, 0.3) is 145 Å². The minimum absolute atomic E-state index is 0.862. The van der Waals surface area contributed by atoms with Gasteiger partial charge in [0, 0.05) is 33.0 Å². The third-order valence-corrected chi connectivity index (χ3v) is 15.1. The fraction of sp³-hybridized carbons (Fsp3) is 0. The van der Waals surface area contributed by atoms with Crippen molar-refractivity contribution in [2.45, 2.75) is 0 Å². The molecule has 0 fully saturated rings. The quantitative estimate of drug-likeness (QED) is 0.130. The van der Waals surface area contributed by atoms with Gasteiger partial charge in [-0.3, -0.25) is 0 Å². The molecule has 0 unspecified atom stereocenters. The Morgan fingerprint density at radius 3 is 0.772 bits per heavy atom. The zero-order valence-electron chi connectivity index (χ0n) is 43.2. The lowest BCUT2D eigenvalue weighted by Gasteiger charge is -2.16. The number of pyridine rings is 2. The van der Waals surface area contributed by atoms with Crippen molar-refractivity contribution in [2.75, 3.05) is 0 Å². The first kappa shape index (κ1) is 47.0. The fourth-order valence-electron chi connectivity index (χ4n) is 10.9. The number of rotatable bonds is 11. The molecule has 11 aromatic carbocycles. The van der Waals surface area contributed by atoms with Crippen LogP contribution in [0.15, 0.2) is 308 Å². The van der Waals surface area contributed by atoms with E-state index in [0.717, 1.165) is 123 Å². The summed E-state index contributed by atoms with van der Waals surface area (Å²) in [6.07, 6.45) is 0. The molecule has 14 aromatic rings. The molecule has 0 atom stereocenters. The Hall–Kier alpha value is -10.5. The van der Waals surface area contributed by atoms with Crippen LogP contribution in [0.2, 0.25) is 0 Å². The lowest BCUT2D eigenvalue weighted by Crippen LogP contribution is -1.94. The first-order valence-electron chi connectivity index (χ1n) is 26.8. The van der Waals surface area contributed by atoms with E-state index < -0.39 is 0 Å². The average Bonchev–Trinajstić information content (AvgIpc) is 4.02. The van der Waals surface area contributed by atoms with E-state index in [1.54, 1.807) is 0 Å². The van der Waals surface area contributed by atoms with Crippen LogP contribution in [-0.2, 0) is 0 Å². The van der Waals surface area contributed by atoms with Crippen molar-refractivity contribution in [3.8, 4) is 123 Å². The van der Waals surface area contributed by atoms with Crippen LogP contribution in [0.4, 0.5) is 0 Å². The maximum Gasteiger partial charge on any atom is 0.135 e. The van der Waals surface area contributed by atoms with Crippen molar-refractivity contribution in [2.24, 2.45) is 0 Å². The first-order chi connectivity index (χ1) is 39.1. The van der Waals surface area contributed by atoms with Gasteiger partial charge in [0.2, 0.25) is 0 Å². The molecule has 0 radical (unpaired) electrons. The van der Waals surface area contributed by atoms with Gasteiger partial charge in [0.15, 0.2) is 0 Å². The molecule has 0 aliphatic rings. The molecule has 79 heavy (non-hydrogen) atoms. The van der Waals surface area contributed by atoms with Gasteiger partial charge in [0.25, 0.3) is 0 Å². The Kier molecular flexibility index (Phi) is 12.2. The van der Waals surface area contributed by atoms with E-state index in [9.17, 15) is 0 Å². The van der Waals surface area contributed by atoms with Crippen LogP contribution in [0.3, 0.4) is 0 Å². The van der Waals surface area contributed by atoms with Crippen molar-refractivity contribution in [3.05, 3.63) is 303 Å². The fourth-order valence-corrected chi connectivity index (χ4v) is 10.9. The molecule has 0 aliphatic carbocycles. The molecule has 0 saturated heterocycles. The minimum Gasteiger partial charge on any atom is -0.456 e. The zero-order chi connectivity index (χ0) is 52.5. The normalized spacial score (nSPS) is 11.3. The van der Waals surface area contributed by atoms with E-state index in [2.05, 4.69) is 291 Å². The summed E-state index contributed by atoms with van der Waals surface area (Å²) in [7, 11) is 0. The van der Waals surface area contributed by atoms with Gasteiger partial charge < -0.3 is 4.42 Å². The van der Waals surface area contributed by atoms with Crippen LogP contribution in [0, 0.1) is 0 Å². The van der Waals surface area contributed by atoms with E-state index in [-0.39, 0.29) is 0 Å². The maximum absolute atomic E-state index is 6.37. The number of hydrogen-bond donors (Lipinski definition) is 0. The van der Waals surface area contributed by atoms with Crippen LogP contribution in [0.5, 0.6) is 0 Å². The minimum atomic E-state index is 0.862. The molecule has 3 heteroatoms. The monoisotopic (exact) mass is 1010 g/mol. The molecule has 0 amide bonds. The van der Waals surface area contributed by atoms with E-state index in [1.807, 2.05) is 12.1 Å². The van der Waals surface area contributed by atoms with Crippen molar-refractivity contribution < 1.29 is 4.42 Å². The van der Waals surface area contributed by atoms with Gasteiger partial charge in [-0.1, -0.05) is 243 Å². The molecule has 0 aliphatic heterocycles. The van der Waals surface area contributed by atoms with Crippen molar-refractivity contribution in [1.82, 2.24) is 9.97 Å². The molecular weight excluding hydrogens is 957 g/mol. The van der Waals surface area contributed by atoms with Crippen molar-refractivity contribution in [1.29, 1.82) is 0 Å². The molecule has 370 valence electrons. The van der Waals surface area contributed by atoms with Gasteiger partial charge in [-0.15, -0.1) is 0 Å². The standard InChI is InChI=1S/C76H50N2O/c1-5-15-51(16-6-1)55-25-33-59(34-26-55)71-47-67(48-72(77-71)60-35-27-56(28-36-60)52-17-7-2-8-18-52)65-43-64(63-41-42-76-70(46-63)69-23-13-14-24-75(69)79-76)44-66(45-65)68-49-73(61-37-29-57(30-38-61)53-19-9-3-10-20-53)78-74(50-68)62-39-31-58(32-40-62)54-21-11-4-12-22-54/h1-50H. The Morgan fingerprint density at radius 1 is 0.165 bits per heavy atom. The summed E-state index contributed by atoms with van der Waals surface area (Å²) in [6.45, 7) is 0. The van der Waals surface area contributed by atoms with Crippen molar-refractivity contribution in [3.63, 3.8) is 0 Å². The van der Waals surface area contributed by atoms with Crippen LogP contribution >= 0.6 is 0 Å². The highest BCUT2D eigenvalue weighted by Gasteiger charge is 2.17. The summed E-state index contributed by atoms with van der Waals surface area (Å²) in [5.74, 6) is 0. The highest BCUT2D eigenvalue weighted by Crippen LogP contribution is 2.41. The van der Waals surface area contributed by atoms with E-state index in [1.165, 1.54) is 22.3 Å². The summed E-state index contributed by atoms with van der Waals surface area (Å²) < 4.78 is 6.37. The summed E-state index contributed by atoms with van der Waals surface area (Å²) in [5, 5.41) is 2.17. The number of nitrogens with zero attached hydrogens (tertiary/aromatic N) is 2. The number of hydrogen-bond acceptors (Lipinski definition) is 3. The SMILES string of the molecule is c1ccc(-c2ccc(-c3cc(-c4cc(-c5cc(-c6ccc(-c7ccccc7)cc6)nc(-c6ccc(-c7ccccc7)cc6)c5)cc(-c5ccc6oc7ccccc7c6c5)c4)cc(-c4ccc(-c5ccccc5)cc4)n3)cc2)cc1. The molecule has 3 nitrogen and oxygen atoms in total. The molecule has 0 N–H and O–H groups in total. The molecule has 0 spiro atoms. The topological polar surface area (TPSA) is 38.9 Å². The van der Waals surface area contributed by atoms with Gasteiger partial charge in [-0.05, 0) is 139 Å². The molecule has 0 saturated carbocycles. The van der Waals surface area contributed by atoms with Crippen LogP contribution < -0.4 is 0 Å². The van der Waals surface area contributed by atoms with Gasteiger partial charge in [-0.2, -0.15) is 0 Å². The second kappa shape index (κ2) is 20.6. The molecule has 3 heterocycles. The number of furan rings is 1. The molecule has 3 aromatic heterocycles. The number of fused-ring (bicyclic) bond motifs is 3. The largest absolute Gasteiger partial charge is 0.456 e. The second-order valence-electron chi connectivity index (χ2n) is 20.1. The number of aromatic nitrogens is 2. The highest BCUT2D eigenvalue weighted by atomic mass is 16.3. The Balaban J connectivity index is 0.961. The lowest BCUT2D eigenvalue weighted by molar-refractivity contribution is 0.669. The maximum atomic E-state index is 6.37. The third kappa shape index (κ3) is 9.63. The lowest BCUT2D eigenvalue weighted by atomic mass is 9.91. The number of para-hydroxylation sites is 1. The van der Waals surface area contributed by atoms with Gasteiger partial charge >= 0.3 is 0 Å². The predicted molar refractivity (Wildman–Crippen MR) is 329 cm³/mol. The number of benzene rings is 11. The average molecular weight is 1010 g/mol. The van der Waals surface area contributed by atoms with E-state index in [4.69, 9.17) is 14.4 Å². The summed E-state index contributed by atoms with van der Waals surface area (Å²) in [5.41, 5.74) is 25.2. The first-order valence-corrected chi connectivity index (χ1v) is 26.8. The Labute approximate surface area is 460 Å². The zero-order valence-corrected chi connectivity index (χ0v) is 43.2. The molecule has 0 bridgehead atoms. The third-order valence-electron chi connectivity index (χ3n) is 15.1. The van der Waals surface area contributed by atoms with E-state index >= 15 is 0 Å². The summed E-state index contributed by atoms with van der Waals surface area (Å²) in [4.78, 5) is 10.9. The van der Waals surface area contributed by atoms with Gasteiger partial charge in [0.1, 0.15) is 11.2 Å². The second-order valence-corrected chi connectivity index (χ2v) is 20.1. The van der Waals surface area contributed by atoms with Crippen LogP contribution in [-0.4, -0.2) is 9.97 Å². The van der Waals surface area contributed by atoms with Gasteiger partial charge in [-0.25, -0.2) is 9.97 Å². The highest BCUT2D eigenvalue weighted by molar-refractivity contribution is 6.06. The van der Waals surface area contributed by atoms with Crippen molar-refractivity contribution >= 4 is 21.9 Å². The summed E-state index contributed by atoms with van der Waals surface area (Å²) in [6, 6.07) is 108. The van der Waals surface area contributed by atoms with E-state index in [0.29, 0.717) is 0 Å². The Morgan fingerprint density at radius 2 is 0.418 bits per heavy atom. The molecular formula is C76H50N2O.